The Morgan fingerprint density at radius 2 is 2.04 bits per heavy atom. The number of aromatic nitrogens is 1. The second kappa shape index (κ2) is 7.93. The molecule has 1 atom stereocenters. The number of ether oxygens (including phenoxy) is 1. The van der Waals surface area contributed by atoms with Gasteiger partial charge in [0.1, 0.15) is 16.6 Å². The molecule has 0 spiro atoms. The van der Waals surface area contributed by atoms with Crippen molar-refractivity contribution in [3.8, 4) is 17.4 Å². The van der Waals surface area contributed by atoms with Crippen LogP contribution in [0.5, 0.6) is 0 Å². The summed E-state index contributed by atoms with van der Waals surface area (Å²) < 4.78 is 23.3. The fraction of sp³-hybridized carbons (Fsp3) is 0.158. The first kappa shape index (κ1) is 18.5. The first-order valence-corrected chi connectivity index (χ1v) is 8.73. The Labute approximate surface area is 157 Å². The molecule has 1 aromatic carbocycles. The van der Waals surface area contributed by atoms with Crippen LogP contribution in [0.2, 0.25) is 0 Å². The van der Waals surface area contributed by atoms with Gasteiger partial charge in [-0.15, -0.1) is 11.3 Å². The molecule has 2 heterocycles. The van der Waals surface area contributed by atoms with E-state index in [0.29, 0.717) is 22.0 Å². The maximum atomic E-state index is 13.0. The monoisotopic (exact) mass is 384 g/mol. The zero-order chi connectivity index (χ0) is 19.4. The Morgan fingerprint density at radius 1 is 1.30 bits per heavy atom. The third-order valence-electron chi connectivity index (χ3n) is 3.62. The van der Waals surface area contributed by atoms with Crippen LogP contribution in [0.4, 0.5) is 4.39 Å². The van der Waals surface area contributed by atoms with Crippen LogP contribution >= 0.6 is 11.3 Å². The van der Waals surface area contributed by atoms with E-state index in [1.807, 2.05) is 6.07 Å². The van der Waals surface area contributed by atoms with Crippen molar-refractivity contribution in [2.24, 2.45) is 0 Å². The molecule has 6 nitrogen and oxygen atoms in total. The van der Waals surface area contributed by atoms with Crippen LogP contribution in [0.3, 0.4) is 0 Å². The van der Waals surface area contributed by atoms with Crippen LogP contribution in [0.1, 0.15) is 27.2 Å². The van der Waals surface area contributed by atoms with E-state index in [2.05, 4.69) is 4.98 Å². The zero-order valence-corrected chi connectivity index (χ0v) is 15.0. The summed E-state index contributed by atoms with van der Waals surface area (Å²) in [5.41, 5.74) is 1.30. The van der Waals surface area contributed by atoms with E-state index in [0.717, 1.165) is 0 Å². The molecular weight excluding hydrogens is 371 g/mol. The summed E-state index contributed by atoms with van der Waals surface area (Å²) in [5.74, 6) is -2.59. The molecule has 0 radical (unpaired) electrons. The number of esters is 1. The lowest BCUT2D eigenvalue weighted by Gasteiger charge is -2.05. The van der Waals surface area contributed by atoms with E-state index in [1.165, 1.54) is 41.7 Å². The summed E-state index contributed by atoms with van der Waals surface area (Å²) in [6.45, 7) is 1.19. The number of carbonyl (C=O) groups excluding carboxylic acids is 2. The van der Waals surface area contributed by atoms with Crippen LogP contribution < -0.4 is 0 Å². The number of nitrogens with zero attached hydrogens (tertiary/aromatic N) is 2. The quantitative estimate of drug-likeness (QED) is 0.599. The van der Waals surface area contributed by atoms with E-state index in [-0.39, 0.29) is 11.6 Å². The van der Waals surface area contributed by atoms with Gasteiger partial charge in [0.05, 0.1) is 6.07 Å². The van der Waals surface area contributed by atoms with Crippen molar-refractivity contribution in [1.29, 1.82) is 5.26 Å². The van der Waals surface area contributed by atoms with Crippen molar-refractivity contribution in [2.75, 3.05) is 6.61 Å². The molecule has 0 amide bonds. The van der Waals surface area contributed by atoms with E-state index in [9.17, 15) is 19.2 Å². The normalized spacial score (nSPS) is 11.6. The van der Waals surface area contributed by atoms with Gasteiger partial charge < -0.3 is 9.15 Å². The third kappa shape index (κ3) is 4.27. The minimum atomic E-state index is -1.08. The highest BCUT2D eigenvalue weighted by Crippen LogP contribution is 2.24. The number of Topliss-reactive ketones (excluding diaryl/α,β-unsaturated/α-hetero) is 1. The summed E-state index contributed by atoms with van der Waals surface area (Å²) in [5, 5.41) is 11.3. The molecule has 0 aliphatic carbocycles. The van der Waals surface area contributed by atoms with E-state index in [4.69, 9.17) is 9.15 Å². The smallest absolute Gasteiger partial charge is 0.374 e. The molecule has 27 heavy (non-hydrogen) atoms. The van der Waals surface area contributed by atoms with E-state index < -0.39 is 24.3 Å². The highest BCUT2D eigenvalue weighted by Gasteiger charge is 2.25. The number of thiazole rings is 1. The highest BCUT2D eigenvalue weighted by molar-refractivity contribution is 7.09. The topological polar surface area (TPSA) is 93.2 Å². The number of hydrogen-bond acceptors (Lipinski definition) is 7. The molecule has 3 rings (SSSR count). The van der Waals surface area contributed by atoms with Gasteiger partial charge in [-0.2, -0.15) is 5.26 Å². The van der Waals surface area contributed by atoms with Crippen molar-refractivity contribution in [3.63, 3.8) is 0 Å². The molecular formula is C19H13FN2O4S. The summed E-state index contributed by atoms with van der Waals surface area (Å²) in [6, 6.07) is 10.4. The minimum absolute atomic E-state index is 0.0966. The Balaban J connectivity index is 1.63. The highest BCUT2D eigenvalue weighted by atomic mass is 32.1. The van der Waals surface area contributed by atoms with Gasteiger partial charge in [-0.25, -0.2) is 14.2 Å². The second-order valence-corrected chi connectivity index (χ2v) is 6.49. The molecule has 0 saturated heterocycles. The molecule has 0 fully saturated rings. The van der Waals surface area contributed by atoms with Crippen molar-refractivity contribution in [3.05, 3.63) is 64.1 Å². The summed E-state index contributed by atoms with van der Waals surface area (Å²) in [7, 11) is 0. The lowest BCUT2D eigenvalue weighted by Crippen LogP contribution is -2.19. The fourth-order valence-corrected chi connectivity index (χ4v) is 3.14. The van der Waals surface area contributed by atoms with Crippen LogP contribution in [-0.4, -0.2) is 23.3 Å². The predicted octanol–water partition coefficient (Wildman–Crippen LogP) is 3.88. The number of rotatable bonds is 6. The Morgan fingerprint density at radius 3 is 2.67 bits per heavy atom. The Kier molecular flexibility index (Phi) is 5.43. The predicted molar refractivity (Wildman–Crippen MR) is 94.6 cm³/mol. The van der Waals surface area contributed by atoms with Gasteiger partial charge in [0.15, 0.2) is 18.3 Å². The fourth-order valence-electron chi connectivity index (χ4n) is 2.28. The van der Waals surface area contributed by atoms with E-state index in [1.54, 1.807) is 18.4 Å². The van der Waals surface area contributed by atoms with Crippen LogP contribution in [0, 0.1) is 24.1 Å². The molecule has 8 heteroatoms. The van der Waals surface area contributed by atoms with Gasteiger partial charge in [-0.05, 0) is 43.3 Å². The van der Waals surface area contributed by atoms with Gasteiger partial charge in [-0.3, -0.25) is 4.79 Å². The maximum absolute atomic E-state index is 13.0. The summed E-state index contributed by atoms with van der Waals surface area (Å²) in [6.07, 6.45) is 0. The standard InChI is InChI=1S/C19H13FN2O4S/c1-11-10-27-18(22-11)14(8-21)15(23)9-25-19(24)17-7-6-16(26-17)12-2-4-13(20)5-3-12/h2-7,10,14H,9H2,1H3/t14-/m1/s1. The average Bonchev–Trinajstić information content (AvgIpc) is 3.31. The molecule has 0 aliphatic rings. The number of nitriles is 1. The van der Waals surface area contributed by atoms with E-state index >= 15 is 0 Å². The van der Waals surface area contributed by atoms with Crippen LogP contribution in [0.15, 0.2) is 46.2 Å². The number of ketones is 1. The maximum Gasteiger partial charge on any atom is 0.374 e. The van der Waals surface area contributed by atoms with Crippen molar-refractivity contribution < 1.29 is 23.1 Å². The molecule has 0 aliphatic heterocycles. The lowest BCUT2D eigenvalue weighted by molar-refractivity contribution is -0.122. The number of furan rings is 1. The van der Waals surface area contributed by atoms with Crippen molar-refractivity contribution >= 4 is 23.1 Å². The molecule has 0 saturated carbocycles. The number of carbonyl (C=O) groups is 2. The minimum Gasteiger partial charge on any atom is -0.452 e. The Hall–Kier alpha value is -3.31. The number of hydrogen-bond donors (Lipinski definition) is 0. The SMILES string of the molecule is Cc1csc([C@H](C#N)C(=O)COC(=O)c2ccc(-c3ccc(F)cc3)o2)n1. The van der Waals surface area contributed by atoms with Gasteiger partial charge in [0, 0.05) is 16.6 Å². The number of halogens is 1. The molecule has 136 valence electrons. The van der Waals surface area contributed by atoms with Crippen molar-refractivity contribution in [2.45, 2.75) is 12.8 Å². The van der Waals surface area contributed by atoms with Gasteiger partial charge in [0.25, 0.3) is 0 Å². The molecule has 0 N–H and O–H groups in total. The van der Waals surface area contributed by atoms with Gasteiger partial charge >= 0.3 is 5.97 Å². The lowest BCUT2D eigenvalue weighted by atomic mass is 10.1. The first-order chi connectivity index (χ1) is 13.0. The van der Waals surface area contributed by atoms with Crippen molar-refractivity contribution in [1.82, 2.24) is 4.98 Å². The number of aryl methyl sites for hydroxylation is 1. The van der Waals surface area contributed by atoms with Crippen LogP contribution in [0.25, 0.3) is 11.3 Å². The molecule has 0 unspecified atom stereocenters. The molecule has 3 aromatic rings. The van der Waals surface area contributed by atoms with Gasteiger partial charge in [0.2, 0.25) is 5.76 Å². The van der Waals surface area contributed by atoms with Crippen LogP contribution in [-0.2, 0) is 9.53 Å². The second-order valence-electron chi connectivity index (χ2n) is 5.60. The molecule has 0 bridgehead atoms. The zero-order valence-electron chi connectivity index (χ0n) is 14.1. The average molecular weight is 384 g/mol. The largest absolute Gasteiger partial charge is 0.452 e. The third-order valence-corrected chi connectivity index (χ3v) is 4.64. The summed E-state index contributed by atoms with van der Waals surface area (Å²) >= 11 is 1.20. The summed E-state index contributed by atoms with van der Waals surface area (Å²) in [4.78, 5) is 28.4. The molecule has 2 aromatic heterocycles. The van der Waals surface area contributed by atoms with Gasteiger partial charge in [-0.1, -0.05) is 0 Å². The Bertz CT molecular complexity index is 1020. The first-order valence-electron chi connectivity index (χ1n) is 7.85. The number of benzene rings is 1.